The molecule has 1 aromatic rings. The second-order valence-corrected chi connectivity index (χ2v) is 4.30. The topological polar surface area (TPSA) is 30.5 Å². The molecule has 1 atom stereocenters. The van der Waals surface area contributed by atoms with Gasteiger partial charge in [-0.3, -0.25) is 0 Å². The van der Waals surface area contributed by atoms with Crippen molar-refractivity contribution in [3.05, 3.63) is 23.8 Å². The Morgan fingerprint density at radius 2 is 1.94 bits per heavy atom. The largest absolute Gasteiger partial charge is 0.486 e. The molecule has 0 bridgehead atoms. The third-order valence-electron chi connectivity index (χ3n) is 3.00. The summed E-state index contributed by atoms with van der Waals surface area (Å²) in [6.07, 6.45) is 2.32. The molecule has 0 radical (unpaired) electrons. The number of hydrogen-bond donors (Lipinski definition) is 1. The Balaban J connectivity index is 2.18. The van der Waals surface area contributed by atoms with Gasteiger partial charge in [0.15, 0.2) is 11.5 Å². The zero-order chi connectivity index (χ0) is 12.1. The maximum Gasteiger partial charge on any atom is 0.161 e. The van der Waals surface area contributed by atoms with Crippen LogP contribution in [0.3, 0.4) is 0 Å². The van der Waals surface area contributed by atoms with Gasteiger partial charge in [-0.2, -0.15) is 0 Å². The van der Waals surface area contributed by atoms with Gasteiger partial charge in [0, 0.05) is 6.04 Å². The highest BCUT2D eigenvalue weighted by Crippen LogP contribution is 2.33. The van der Waals surface area contributed by atoms with Gasteiger partial charge < -0.3 is 14.8 Å². The van der Waals surface area contributed by atoms with Crippen LogP contribution in [0, 0.1) is 0 Å². The number of ether oxygens (including phenoxy) is 2. The summed E-state index contributed by atoms with van der Waals surface area (Å²) < 4.78 is 11.2. The molecule has 1 aliphatic heterocycles. The van der Waals surface area contributed by atoms with Crippen LogP contribution in [0.25, 0.3) is 0 Å². The summed E-state index contributed by atoms with van der Waals surface area (Å²) in [6.45, 7) is 6.64. The molecule has 0 amide bonds. The molecule has 3 heteroatoms. The van der Waals surface area contributed by atoms with E-state index in [-0.39, 0.29) is 0 Å². The van der Waals surface area contributed by atoms with Gasteiger partial charge in [0.25, 0.3) is 0 Å². The standard InChI is InChI=1S/C14H21NO2/c1-3-5-12(15-4-2)11-6-7-13-14(10-11)17-9-8-16-13/h6-7,10,12,15H,3-5,8-9H2,1-2H3. The molecule has 0 saturated heterocycles. The fraction of sp³-hybridized carbons (Fsp3) is 0.571. The molecule has 3 nitrogen and oxygen atoms in total. The summed E-state index contributed by atoms with van der Waals surface area (Å²) >= 11 is 0. The van der Waals surface area contributed by atoms with E-state index in [1.165, 1.54) is 12.0 Å². The maximum atomic E-state index is 5.62. The molecule has 1 unspecified atom stereocenters. The molecule has 0 fully saturated rings. The molecule has 1 aliphatic rings. The molecular weight excluding hydrogens is 214 g/mol. The monoisotopic (exact) mass is 235 g/mol. The lowest BCUT2D eigenvalue weighted by Gasteiger charge is -2.22. The van der Waals surface area contributed by atoms with Gasteiger partial charge in [0.1, 0.15) is 13.2 Å². The molecule has 1 N–H and O–H groups in total. The predicted molar refractivity (Wildman–Crippen MR) is 68.8 cm³/mol. The van der Waals surface area contributed by atoms with Crippen molar-refractivity contribution in [3.8, 4) is 11.5 Å². The molecule has 1 heterocycles. The van der Waals surface area contributed by atoms with Gasteiger partial charge in [0.05, 0.1) is 0 Å². The highest BCUT2D eigenvalue weighted by molar-refractivity contribution is 5.44. The van der Waals surface area contributed by atoms with E-state index in [0.717, 1.165) is 24.5 Å². The first-order valence-electron chi connectivity index (χ1n) is 6.48. The van der Waals surface area contributed by atoms with Crippen LogP contribution in [-0.4, -0.2) is 19.8 Å². The van der Waals surface area contributed by atoms with Gasteiger partial charge in [0.2, 0.25) is 0 Å². The van der Waals surface area contributed by atoms with Gasteiger partial charge in [-0.05, 0) is 30.7 Å². The summed E-state index contributed by atoms with van der Waals surface area (Å²) in [6, 6.07) is 6.68. The number of nitrogens with one attached hydrogen (secondary N) is 1. The number of fused-ring (bicyclic) bond motifs is 1. The highest BCUT2D eigenvalue weighted by atomic mass is 16.6. The summed E-state index contributed by atoms with van der Waals surface area (Å²) in [4.78, 5) is 0. The number of hydrogen-bond acceptors (Lipinski definition) is 3. The fourth-order valence-electron chi connectivity index (χ4n) is 2.20. The molecule has 0 spiro atoms. The van der Waals surface area contributed by atoms with E-state index in [2.05, 4.69) is 31.3 Å². The number of rotatable bonds is 5. The van der Waals surface area contributed by atoms with E-state index in [4.69, 9.17) is 9.47 Å². The Morgan fingerprint density at radius 1 is 1.18 bits per heavy atom. The highest BCUT2D eigenvalue weighted by Gasteiger charge is 2.15. The van der Waals surface area contributed by atoms with Crippen molar-refractivity contribution in [1.82, 2.24) is 5.32 Å². The smallest absolute Gasteiger partial charge is 0.161 e. The van der Waals surface area contributed by atoms with Crippen molar-refractivity contribution < 1.29 is 9.47 Å². The van der Waals surface area contributed by atoms with Crippen LogP contribution in [0.2, 0.25) is 0 Å². The molecule has 0 aliphatic carbocycles. The summed E-state index contributed by atoms with van der Waals surface area (Å²) in [5.74, 6) is 1.75. The van der Waals surface area contributed by atoms with E-state index in [9.17, 15) is 0 Å². The Bertz CT molecular complexity index is 359. The van der Waals surface area contributed by atoms with E-state index in [1.54, 1.807) is 0 Å². The van der Waals surface area contributed by atoms with Crippen molar-refractivity contribution >= 4 is 0 Å². The maximum absolute atomic E-state index is 5.62. The van der Waals surface area contributed by atoms with Crippen molar-refractivity contribution in [2.24, 2.45) is 0 Å². The van der Waals surface area contributed by atoms with Gasteiger partial charge in [-0.25, -0.2) is 0 Å². The molecule has 0 saturated carbocycles. The first kappa shape index (κ1) is 12.2. The van der Waals surface area contributed by atoms with Crippen molar-refractivity contribution in [3.63, 3.8) is 0 Å². The first-order chi connectivity index (χ1) is 8.35. The van der Waals surface area contributed by atoms with Crippen molar-refractivity contribution in [2.75, 3.05) is 19.8 Å². The molecular formula is C14H21NO2. The Hall–Kier alpha value is -1.22. The SMILES string of the molecule is CCCC(NCC)c1ccc2c(c1)OCCO2. The van der Waals surface area contributed by atoms with Crippen LogP contribution in [0.4, 0.5) is 0 Å². The predicted octanol–water partition coefficient (Wildman–Crippen LogP) is 2.91. The van der Waals surface area contributed by atoms with Crippen LogP contribution in [-0.2, 0) is 0 Å². The molecule has 17 heavy (non-hydrogen) atoms. The summed E-state index contributed by atoms with van der Waals surface area (Å²) in [7, 11) is 0. The minimum absolute atomic E-state index is 0.417. The summed E-state index contributed by atoms with van der Waals surface area (Å²) in [5, 5.41) is 3.51. The van der Waals surface area contributed by atoms with Gasteiger partial charge in [-0.1, -0.05) is 26.3 Å². The Morgan fingerprint density at radius 3 is 2.65 bits per heavy atom. The zero-order valence-electron chi connectivity index (χ0n) is 10.7. The van der Waals surface area contributed by atoms with Crippen molar-refractivity contribution in [2.45, 2.75) is 32.7 Å². The third kappa shape index (κ3) is 2.91. The molecule has 1 aromatic carbocycles. The normalized spacial score (nSPS) is 15.6. The second kappa shape index (κ2) is 5.92. The van der Waals surface area contributed by atoms with E-state index in [1.807, 2.05) is 6.07 Å². The van der Waals surface area contributed by atoms with E-state index < -0.39 is 0 Å². The van der Waals surface area contributed by atoms with Crippen LogP contribution in [0.5, 0.6) is 11.5 Å². The van der Waals surface area contributed by atoms with Crippen molar-refractivity contribution in [1.29, 1.82) is 0 Å². The fourth-order valence-corrected chi connectivity index (χ4v) is 2.20. The first-order valence-corrected chi connectivity index (χ1v) is 6.48. The zero-order valence-corrected chi connectivity index (χ0v) is 10.7. The van der Waals surface area contributed by atoms with Gasteiger partial charge in [-0.15, -0.1) is 0 Å². The van der Waals surface area contributed by atoms with E-state index in [0.29, 0.717) is 19.3 Å². The Labute approximate surface area is 103 Å². The number of benzene rings is 1. The van der Waals surface area contributed by atoms with E-state index >= 15 is 0 Å². The van der Waals surface area contributed by atoms with Crippen LogP contribution < -0.4 is 14.8 Å². The molecule has 94 valence electrons. The lowest BCUT2D eigenvalue weighted by atomic mass is 10.0. The molecule has 2 rings (SSSR count). The lowest BCUT2D eigenvalue weighted by molar-refractivity contribution is 0.171. The average molecular weight is 235 g/mol. The quantitative estimate of drug-likeness (QED) is 0.851. The van der Waals surface area contributed by atoms with Crippen LogP contribution in [0.1, 0.15) is 38.3 Å². The minimum atomic E-state index is 0.417. The minimum Gasteiger partial charge on any atom is -0.486 e. The Kier molecular flexibility index (Phi) is 4.26. The second-order valence-electron chi connectivity index (χ2n) is 4.30. The van der Waals surface area contributed by atoms with Gasteiger partial charge >= 0.3 is 0 Å². The average Bonchev–Trinajstić information content (AvgIpc) is 2.38. The van der Waals surface area contributed by atoms with Crippen LogP contribution in [0.15, 0.2) is 18.2 Å². The molecule has 0 aromatic heterocycles. The van der Waals surface area contributed by atoms with Crippen LogP contribution >= 0.6 is 0 Å². The summed E-state index contributed by atoms with van der Waals surface area (Å²) in [5.41, 5.74) is 1.29. The third-order valence-corrected chi connectivity index (χ3v) is 3.00. The lowest BCUT2D eigenvalue weighted by Crippen LogP contribution is -2.21.